The zero-order chi connectivity index (χ0) is 11.4. The highest BCUT2D eigenvalue weighted by molar-refractivity contribution is 5.69. The number of nitrogens with zero attached hydrogens (tertiary/aromatic N) is 2. The molecule has 1 fully saturated rings. The van der Waals surface area contributed by atoms with Gasteiger partial charge in [0.25, 0.3) is 0 Å². The first-order valence-electron chi connectivity index (χ1n) is 5.63. The van der Waals surface area contributed by atoms with Crippen molar-refractivity contribution in [2.24, 2.45) is 5.92 Å². The Labute approximate surface area is 91.9 Å². The molecule has 0 aromatic carbocycles. The molecule has 1 heterocycles. The second kappa shape index (κ2) is 5.47. The van der Waals surface area contributed by atoms with Gasteiger partial charge in [-0.25, -0.2) is 0 Å². The van der Waals surface area contributed by atoms with E-state index in [0.717, 1.165) is 26.1 Å². The van der Waals surface area contributed by atoms with E-state index in [2.05, 4.69) is 25.8 Å². The summed E-state index contributed by atoms with van der Waals surface area (Å²) in [6, 6.07) is 0.568. The highest BCUT2D eigenvalue weighted by atomic mass is 16.4. The predicted molar refractivity (Wildman–Crippen MR) is 59.9 cm³/mol. The third kappa shape index (κ3) is 4.18. The number of carbonyl (C=O) groups is 1. The van der Waals surface area contributed by atoms with Crippen LogP contribution in [-0.4, -0.2) is 60.1 Å². The lowest BCUT2D eigenvalue weighted by Gasteiger charge is -2.24. The summed E-state index contributed by atoms with van der Waals surface area (Å²) in [4.78, 5) is 14.9. The van der Waals surface area contributed by atoms with Crippen molar-refractivity contribution in [1.29, 1.82) is 0 Å². The van der Waals surface area contributed by atoms with Crippen LogP contribution in [0.3, 0.4) is 0 Å². The standard InChI is InChI=1S/C11H22N2O2/c1-9(2)12(3)6-10-4-5-13(7-10)8-11(14)15/h9-10H,4-8H2,1-3H3,(H,14,15)/t10-/m1/s1. The van der Waals surface area contributed by atoms with E-state index >= 15 is 0 Å². The molecule has 1 atom stereocenters. The highest BCUT2D eigenvalue weighted by Gasteiger charge is 2.25. The molecule has 0 amide bonds. The molecule has 1 rings (SSSR count). The molecule has 1 aliphatic heterocycles. The highest BCUT2D eigenvalue weighted by Crippen LogP contribution is 2.17. The van der Waals surface area contributed by atoms with Gasteiger partial charge in [0.15, 0.2) is 0 Å². The van der Waals surface area contributed by atoms with Gasteiger partial charge in [-0.05, 0) is 39.8 Å². The van der Waals surface area contributed by atoms with Gasteiger partial charge >= 0.3 is 5.97 Å². The van der Waals surface area contributed by atoms with E-state index in [9.17, 15) is 4.79 Å². The molecule has 0 bridgehead atoms. The van der Waals surface area contributed by atoms with Crippen LogP contribution in [0, 0.1) is 5.92 Å². The van der Waals surface area contributed by atoms with Gasteiger partial charge in [0.1, 0.15) is 0 Å². The lowest BCUT2D eigenvalue weighted by atomic mass is 10.1. The minimum absolute atomic E-state index is 0.196. The third-order valence-corrected chi connectivity index (χ3v) is 3.16. The molecule has 4 nitrogen and oxygen atoms in total. The molecule has 88 valence electrons. The van der Waals surface area contributed by atoms with Gasteiger partial charge in [-0.2, -0.15) is 0 Å². The van der Waals surface area contributed by atoms with E-state index in [1.54, 1.807) is 0 Å². The van der Waals surface area contributed by atoms with E-state index < -0.39 is 5.97 Å². The summed E-state index contributed by atoms with van der Waals surface area (Å²) in [5, 5.41) is 8.68. The van der Waals surface area contributed by atoms with Crippen LogP contribution in [0.4, 0.5) is 0 Å². The van der Waals surface area contributed by atoms with Crippen molar-refractivity contribution in [2.45, 2.75) is 26.3 Å². The monoisotopic (exact) mass is 214 g/mol. The molecule has 0 spiro atoms. The lowest BCUT2D eigenvalue weighted by Crippen LogP contribution is -2.33. The lowest BCUT2D eigenvalue weighted by molar-refractivity contribution is -0.138. The van der Waals surface area contributed by atoms with Gasteiger partial charge in [-0.1, -0.05) is 0 Å². The molecule has 1 aliphatic rings. The van der Waals surface area contributed by atoms with Crippen molar-refractivity contribution in [3.8, 4) is 0 Å². The molecular formula is C11H22N2O2. The summed E-state index contributed by atoms with van der Waals surface area (Å²) in [5.74, 6) is -0.0791. The molecule has 1 saturated heterocycles. The number of aliphatic carboxylic acids is 1. The van der Waals surface area contributed by atoms with Crippen molar-refractivity contribution in [1.82, 2.24) is 9.80 Å². The van der Waals surface area contributed by atoms with E-state index in [-0.39, 0.29) is 6.54 Å². The van der Waals surface area contributed by atoms with Gasteiger partial charge < -0.3 is 10.0 Å². The number of rotatable bonds is 5. The second-order valence-electron chi connectivity index (χ2n) is 4.82. The summed E-state index contributed by atoms with van der Waals surface area (Å²) in [6.45, 7) is 7.51. The van der Waals surface area contributed by atoms with E-state index in [1.165, 1.54) is 0 Å². The Hall–Kier alpha value is -0.610. The fourth-order valence-corrected chi connectivity index (χ4v) is 2.01. The predicted octanol–water partition coefficient (Wildman–Crippen LogP) is 0.733. The average molecular weight is 214 g/mol. The van der Waals surface area contributed by atoms with Crippen LogP contribution in [0.1, 0.15) is 20.3 Å². The number of hydrogen-bond donors (Lipinski definition) is 1. The first-order valence-corrected chi connectivity index (χ1v) is 5.63. The fraction of sp³-hybridized carbons (Fsp3) is 0.909. The maximum atomic E-state index is 10.5. The topological polar surface area (TPSA) is 43.8 Å². The Kier molecular flexibility index (Phi) is 4.54. The largest absolute Gasteiger partial charge is 0.480 e. The van der Waals surface area contributed by atoms with Crippen LogP contribution in [0.25, 0.3) is 0 Å². The average Bonchev–Trinajstić information content (AvgIpc) is 2.51. The van der Waals surface area contributed by atoms with Crippen molar-refractivity contribution >= 4 is 5.97 Å². The quantitative estimate of drug-likeness (QED) is 0.733. The maximum Gasteiger partial charge on any atom is 0.317 e. The Morgan fingerprint density at radius 1 is 1.60 bits per heavy atom. The van der Waals surface area contributed by atoms with E-state index in [4.69, 9.17) is 5.11 Å². The molecule has 0 unspecified atom stereocenters. The van der Waals surface area contributed by atoms with Crippen molar-refractivity contribution < 1.29 is 9.90 Å². The van der Waals surface area contributed by atoms with E-state index in [1.807, 2.05) is 4.90 Å². The number of hydrogen-bond acceptors (Lipinski definition) is 3. The first-order chi connectivity index (χ1) is 6.99. The molecule has 4 heteroatoms. The normalized spacial score (nSPS) is 22.9. The second-order valence-corrected chi connectivity index (χ2v) is 4.82. The van der Waals surface area contributed by atoms with Crippen LogP contribution in [0.15, 0.2) is 0 Å². The summed E-state index contributed by atoms with van der Waals surface area (Å²) in [6.07, 6.45) is 1.13. The number of carboxylic acids is 1. The smallest absolute Gasteiger partial charge is 0.317 e. The molecule has 0 aliphatic carbocycles. The minimum atomic E-state index is -0.715. The zero-order valence-electron chi connectivity index (χ0n) is 9.94. The molecule has 15 heavy (non-hydrogen) atoms. The van der Waals surface area contributed by atoms with Crippen LogP contribution in [0.5, 0.6) is 0 Å². The van der Waals surface area contributed by atoms with Gasteiger partial charge in [-0.15, -0.1) is 0 Å². The molecule has 0 radical (unpaired) electrons. The van der Waals surface area contributed by atoms with Crippen molar-refractivity contribution in [3.05, 3.63) is 0 Å². The summed E-state index contributed by atoms with van der Waals surface area (Å²) in [5.41, 5.74) is 0. The van der Waals surface area contributed by atoms with Gasteiger partial charge in [0, 0.05) is 19.1 Å². The summed E-state index contributed by atoms with van der Waals surface area (Å²) >= 11 is 0. The SMILES string of the molecule is CC(C)N(C)C[C@H]1CCN(CC(=O)O)C1. The van der Waals surface area contributed by atoms with Crippen molar-refractivity contribution in [3.63, 3.8) is 0 Å². The van der Waals surface area contributed by atoms with Crippen LogP contribution in [0.2, 0.25) is 0 Å². The zero-order valence-corrected chi connectivity index (χ0v) is 9.94. The van der Waals surface area contributed by atoms with Crippen LogP contribution < -0.4 is 0 Å². The summed E-state index contributed by atoms with van der Waals surface area (Å²) in [7, 11) is 2.13. The Balaban J connectivity index is 2.27. The van der Waals surface area contributed by atoms with Gasteiger partial charge in [0.2, 0.25) is 0 Å². The fourth-order valence-electron chi connectivity index (χ4n) is 2.01. The maximum absolute atomic E-state index is 10.5. The molecule has 0 aromatic rings. The molecule has 0 aromatic heterocycles. The summed E-state index contributed by atoms with van der Waals surface area (Å²) < 4.78 is 0. The minimum Gasteiger partial charge on any atom is -0.480 e. The van der Waals surface area contributed by atoms with Crippen LogP contribution >= 0.6 is 0 Å². The van der Waals surface area contributed by atoms with Gasteiger partial charge in [-0.3, -0.25) is 9.69 Å². The Morgan fingerprint density at radius 2 is 2.27 bits per heavy atom. The van der Waals surface area contributed by atoms with Crippen LogP contribution in [-0.2, 0) is 4.79 Å². The van der Waals surface area contributed by atoms with E-state index in [0.29, 0.717) is 12.0 Å². The number of likely N-dealkylation sites (tertiary alicyclic amines) is 1. The first kappa shape index (κ1) is 12.5. The van der Waals surface area contributed by atoms with Gasteiger partial charge in [0.05, 0.1) is 6.54 Å². The Bertz CT molecular complexity index is 219. The molecule has 0 saturated carbocycles. The van der Waals surface area contributed by atoms with Crippen molar-refractivity contribution in [2.75, 3.05) is 33.2 Å². The number of carboxylic acid groups (broad SMARTS) is 1. The molecule has 1 N–H and O–H groups in total. The third-order valence-electron chi connectivity index (χ3n) is 3.16. The Morgan fingerprint density at radius 3 is 2.80 bits per heavy atom. The molecular weight excluding hydrogens is 192 g/mol.